The third-order valence-electron chi connectivity index (χ3n) is 7.36. The fraction of sp³-hybridized carbons (Fsp3) is 1.00. The van der Waals surface area contributed by atoms with E-state index in [1.807, 2.05) is 0 Å². The fourth-order valence-corrected chi connectivity index (χ4v) is 5.32. The molecular formula is C25H49N3O2. The zero-order valence-corrected chi connectivity index (χ0v) is 21.0. The van der Waals surface area contributed by atoms with E-state index in [2.05, 4.69) is 63.3 Å². The van der Waals surface area contributed by atoms with Crippen molar-refractivity contribution in [3.8, 4) is 0 Å². The van der Waals surface area contributed by atoms with Gasteiger partial charge in [0.2, 0.25) is 0 Å². The number of likely N-dealkylation sites (N-methyl/N-ethyl adjacent to an activating group) is 1. The Labute approximate surface area is 186 Å². The minimum absolute atomic E-state index is 0.0595. The summed E-state index contributed by atoms with van der Waals surface area (Å²) < 4.78 is 12.6. The van der Waals surface area contributed by atoms with Gasteiger partial charge >= 0.3 is 0 Å². The highest BCUT2D eigenvalue weighted by atomic mass is 16.5. The number of ether oxygens (including phenoxy) is 2. The molecule has 0 amide bonds. The lowest BCUT2D eigenvalue weighted by Gasteiger charge is -2.42. The van der Waals surface area contributed by atoms with E-state index in [1.165, 1.54) is 58.4 Å². The molecular weight excluding hydrogens is 374 g/mol. The molecule has 3 heterocycles. The summed E-state index contributed by atoms with van der Waals surface area (Å²) in [7, 11) is 2.22. The van der Waals surface area contributed by atoms with Crippen molar-refractivity contribution in [2.24, 2.45) is 5.92 Å². The molecule has 3 fully saturated rings. The van der Waals surface area contributed by atoms with Crippen molar-refractivity contribution < 1.29 is 9.47 Å². The number of hydrogen-bond donors (Lipinski definition) is 0. The highest BCUT2D eigenvalue weighted by molar-refractivity contribution is 4.87. The van der Waals surface area contributed by atoms with E-state index in [9.17, 15) is 0 Å². The van der Waals surface area contributed by atoms with Gasteiger partial charge in [-0.1, -0.05) is 0 Å². The normalized spacial score (nSPS) is 29.7. The number of rotatable bonds is 6. The van der Waals surface area contributed by atoms with E-state index in [-0.39, 0.29) is 5.60 Å². The highest BCUT2D eigenvalue weighted by Gasteiger charge is 2.34. The summed E-state index contributed by atoms with van der Waals surface area (Å²) in [6, 6.07) is 0.494. The summed E-state index contributed by atoms with van der Waals surface area (Å²) in [4.78, 5) is 7.79. The molecule has 176 valence electrons. The molecule has 0 N–H and O–H groups in total. The number of likely N-dealkylation sites (tertiary alicyclic amines) is 3. The molecule has 3 saturated heterocycles. The van der Waals surface area contributed by atoms with Gasteiger partial charge in [0.1, 0.15) is 0 Å². The van der Waals surface area contributed by atoms with Crippen molar-refractivity contribution in [1.82, 2.24) is 14.7 Å². The van der Waals surface area contributed by atoms with E-state index >= 15 is 0 Å². The quantitative estimate of drug-likeness (QED) is 0.647. The van der Waals surface area contributed by atoms with Crippen LogP contribution in [-0.4, -0.2) is 97.0 Å². The molecule has 2 atom stereocenters. The van der Waals surface area contributed by atoms with E-state index < -0.39 is 0 Å². The van der Waals surface area contributed by atoms with E-state index in [4.69, 9.17) is 9.47 Å². The Morgan fingerprint density at radius 2 is 1.47 bits per heavy atom. The minimum atomic E-state index is -0.0595. The summed E-state index contributed by atoms with van der Waals surface area (Å²) in [5, 5.41) is 0. The average molecular weight is 424 g/mol. The predicted molar refractivity (Wildman–Crippen MR) is 125 cm³/mol. The Morgan fingerprint density at radius 3 is 2.03 bits per heavy atom. The van der Waals surface area contributed by atoms with Crippen molar-refractivity contribution in [1.29, 1.82) is 0 Å². The van der Waals surface area contributed by atoms with Crippen LogP contribution in [0, 0.1) is 5.92 Å². The maximum atomic E-state index is 6.54. The van der Waals surface area contributed by atoms with Gasteiger partial charge in [0, 0.05) is 37.8 Å². The van der Waals surface area contributed by atoms with E-state index in [1.54, 1.807) is 0 Å². The van der Waals surface area contributed by atoms with Crippen LogP contribution in [-0.2, 0) is 9.47 Å². The molecule has 0 bridgehead atoms. The molecule has 3 aliphatic rings. The van der Waals surface area contributed by atoms with Crippen molar-refractivity contribution in [2.75, 3.05) is 52.9 Å². The Morgan fingerprint density at radius 1 is 0.833 bits per heavy atom. The Kier molecular flexibility index (Phi) is 8.28. The monoisotopic (exact) mass is 423 g/mol. The van der Waals surface area contributed by atoms with Crippen LogP contribution in [0.5, 0.6) is 0 Å². The second-order valence-corrected chi connectivity index (χ2v) is 12.1. The second kappa shape index (κ2) is 10.2. The Hall–Kier alpha value is -0.200. The summed E-state index contributed by atoms with van der Waals surface area (Å²) in [6.45, 7) is 21.6. The van der Waals surface area contributed by atoms with Gasteiger partial charge in [0.15, 0.2) is 0 Å². The van der Waals surface area contributed by atoms with Gasteiger partial charge in [-0.2, -0.15) is 0 Å². The van der Waals surface area contributed by atoms with Gasteiger partial charge in [-0.3, -0.25) is 9.80 Å². The largest absolute Gasteiger partial charge is 0.374 e. The summed E-state index contributed by atoms with van der Waals surface area (Å²) in [5.74, 6) is 0.883. The van der Waals surface area contributed by atoms with Gasteiger partial charge in [0.25, 0.3) is 0 Å². The molecule has 0 radical (unpaired) electrons. The van der Waals surface area contributed by atoms with Gasteiger partial charge < -0.3 is 14.4 Å². The third kappa shape index (κ3) is 7.44. The van der Waals surface area contributed by atoms with Gasteiger partial charge in [-0.25, -0.2) is 0 Å². The van der Waals surface area contributed by atoms with Crippen LogP contribution in [0.15, 0.2) is 0 Å². The molecule has 0 spiro atoms. The molecule has 5 nitrogen and oxygen atoms in total. The lowest BCUT2D eigenvalue weighted by Crippen LogP contribution is -2.48. The predicted octanol–water partition coefficient (Wildman–Crippen LogP) is 3.87. The average Bonchev–Trinajstić information content (AvgIpc) is 3.00. The first-order valence-corrected chi connectivity index (χ1v) is 12.5. The zero-order chi connectivity index (χ0) is 21.9. The molecule has 0 saturated carbocycles. The van der Waals surface area contributed by atoms with Crippen LogP contribution >= 0.6 is 0 Å². The topological polar surface area (TPSA) is 28.2 Å². The lowest BCUT2D eigenvalue weighted by molar-refractivity contribution is -0.0425. The highest BCUT2D eigenvalue weighted by Crippen LogP contribution is 2.27. The van der Waals surface area contributed by atoms with E-state index in [0.29, 0.717) is 23.8 Å². The standard InChI is InChI=1S/C25H49N3O2/c1-24(2,3)28-14-8-20(9-15-28)17-27-12-10-22(11-13-27)30-23-16-21(26(7)18-23)19-29-25(4,5)6/h20-23H,8-19H2,1-7H3/t21-,23+/m0/s1. The lowest BCUT2D eigenvalue weighted by atomic mass is 9.92. The van der Waals surface area contributed by atoms with Gasteiger partial charge in [0.05, 0.1) is 24.4 Å². The zero-order valence-electron chi connectivity index (χ0n) is 21.0. The maximum Gasteiger partial charge on any atom is 0.0721 e. The van der Waals surface area contributed by atoms with Gasteiger partial charge in [-0.15, -0.1) is 0 Å². The Balaban J connectivity index is 1.32. The molecule has 30 heavy (non-hydrogen) atoms. The summed E-state index contributed by atoms with van der Waals surface area (Å²) in [5.41, 5.74) is 0.267. The molecule has 3 aliphatic heterocycles. The van der Waals surface area contributed by atoms with Crippen LogP contribution in [0.1, 0.15) is 73.6 Å². The molecule has 0 aliphatic carbocycles. The van der Waals surface area contributed by atoms with Crippen LogP contribution in [0.2, 0.25) is 0 Å². The summed E-state index contributed by atoms with van der Waals surface area (Å²) >= 11 is 0. The number of hydrogen-bond acceptors (Lipinski definition) is 5. The van der Waals surface area contributed by atoms with Crippen molar-refractivity contribution in [3.05, 3.63) is 0 Å². The third-order valence-corrected chi connectivity index (χ3v) is 7.36. The minimum Gasteiger partial charge on any atom is -0.374 e. The first kappa shape index (κ1) is 24.4. The van der Waals surface area contributed by atoms with Crippen molar-refractivity contribution in [3.63, 3.8) is 0 Å². The molecule has 0 aromatic carbocycles. The van der Waals surface area contributed by atoms with Crippen LogP contribution < -0.4 is 0 Å². The maximum absolute atomic E-state index is 6.54. The second-order valence-electron chi connectivity index (χ2n) is 12.1. The molecule has 0 aromatic heterocycles. The molecule has 0 unspecified atom stereocenters. The van der Waals surface area contributed by atoms with Crippen molar-refractivity contribution in [2.45, 2.75) is 103 Å². The van der Waals surface area contributed by atoms with E-state index in [0.717, 1.165) is 25.5 Å². The fourth-order valence-electron chi connectivity index (χ4n) is 5.32. The number of piperidine rings is 2. The van der Waals surface area contributed by atoms with Crippen LogP contribution in [0.4, 0.5) is 0 Å². The van der Waals surface area contributed by atoms with Crippen LogP contribution in [0.25, 0.3) is 0 Å². The van der Waals surface area contributed by atoms with Crippen LogP contribution in [0.3, 0.4) is 0 Å². The van der Waals surface area contributed by atoms with Crippen molar-refractivity contribution >= 4 is 0 Å². The SMILES string of the molecule is CN1C[C@H](OC2CCN(CC3CCN(C(C)(C)C)CC3)CC2)C[C@H]1COC(C)(C)C. The summed E-state index contributed by atoms with van der Waals surface area (Å²) in [6.07, 6.45) is 7.06. The molecule has 3 rings (SSSR count). The smallest absolute Gasteiger partial charge is 0.0721 e. The number of nitrogens with zero attached hydrogens (tertiary/aromatic N) is 3. The molecule has 0 aromatic rings. The first-order chi connectivity index (χ1) is 14.0. The molecule has 5 heteroatoms. The van der Waals surface area contributed by atoms with Gasteiger partial charge in [-0.05, 0) is 99.7 Å². The Bertz CT molecular complexity index is 511. The first-order valence-electron chi connectivity index (χ1n) is 12.5.